The van der Waals surface area contributed by atoms with Crippen molar-refractivity contribution < 1.29 is 0 Å². The van der Waals surface area contributed by atoms with Crippen LogP contribution < -0.4 is 10.6 Å². The minimum absolute atomic E-state index is 0.598. The largest absolute Gasteiger partial charge is 0.369 e. The molecular weight excluding hydrogens is 238 g/mol. The zero-order chi connectivity index (χ0) is 14.1. The zero-order valence-electron chi connectivity index (χ0n) is 12.6. The third-order valence-corrected chi connectivity index (χ3v) is 3.07. The number of anilines is 2. The minimum Gasteiger partial charge on any atom is -0.369 e. The Kier molecular flexibility index (Phi) is 7.18. The van der Waals surface area contributed by atoms with Crippen molar-refractivity contribution in [1.82, 2.24) is 14.9 Å². The second kappa shape index (κ2) is 8.69. The lowest BCUT2D eigenvalue weighted by molar-refractivity contribution is 0.273. The Hall–Kier alpha value is -1.36. The highest BCUT2D eigenvalue weighted by Crippen LogP contribution is 2.06. The Balaban J connectivity index is 2.29. The van der Waals surface area contributed by atoms with Crippen LogP contribution in [0.15, 0.2) is 12.4 Å². The highest BCUT2D eigenvalue weighted by Gasteiger charge is 2.02. The average molecular weight is 265 g/mol. The van der Waals surface area contributed by atoms with Crippen LogP contribution >= 0.6 is 0 Å². The molecule has 108 valence electrons. The first kappa shape index (κ1) is 15.7. The lowest BCUT2D eigenvalue weighted by atomic mass is 10.3. The van der Waals surface area contributed by atoms with E-state index in [4.69, 9.17) is 0 Å². The summed E-state index contributed by atoms with van der Waals surface area (Å²) >= 11 is 0. The quantitative estimate of drug-likeness (QED) is 0.672. The second-order valence-corrected chi connectivity index (χ2v) is 5.07. The van der Waals surface area contributed by atoms with Crippen molar-refractivity contribution in [1.29, 1.82) is 0 Å². The van der Waals surface area contributed by atoms with Crippen LogP contribution in [-0.4, -0.2) is 47.6 Å². The van der Waals surface area contributed by atoms with E-state index in [1.54, 1.807) is 12.4 Å². The molecule has 2 N–H and O–H groups in total. The van der Waals surface area contributed by atoms with Crippen molar-refractivity contribution in [3.8, 4) is 0 Å². The molecule has 1 aromatic heterocycles. The Morgan fingerprint density at radius 3 is 2.37 bits per heavy atom. The van der Waals surface area contributed by atoms with Gasteiger partial charge in [0.05, 0.1) is 12.4 Å². The summed E-state index contributed by atoms with van der Waals surface area (Å²) < 4.78 is 0. The summed E-state index contributed by atoms with van der Waals surface area (Å²) in [4.78, 5) is 11.0. The van der Waals surface area contributed by atoms with E-state index in [2.05, 4.69) is 53.3 Å². The first-order valence-electron chi connectivity index (χ1n) is 7.13. The van der Waals surface area contributed by atoms with Crippen LogP contribution in [0.1, 0.15) is 33.6 Å². The van der Waals surface area contributed by atoms with Gasteiger partial charge in [0, 0.05) is 19.1 Å². The van der Waals surface area contributed by atoms with Gasteiger partial charge in [-0.2, -0.15) is 0 Å². The molecule has 0 fully saturated rings. The molecule has 5 nitrogen and oxygen atoms in total. The molecule has 0 atom stereocenters. The molecule has 0 saturated heterocycles. The van der Waals surface area contributed by atoms with Crippen LogP contribution in [0.4, 0.5) is 11.6 Å². The van der Waals surface area contributed by atoms with Gasteiger partial charge in [-0.25, -0.2) is 4.98 Å². The Bertz CT molecular complexity index is 353. The van der Waals surface area contributed by atoms with Gasteiger partial charge in [-0.1, -0.05) is 6.92 Å². The highest BCUT2D eigenvalue weighted by molar-refractivity contribution is 5.41. The van der Waals surface area contributed by atoms with E-state index in [9.17, 15) is 0 Å². The zero-order valence-corrected chi connectivity index (χ0v) is 12.6. The first-order valence-corrected chi connectivity index (χ1v) is 7.13. The Labute approximate surface area is 116 Å². The van der Waals surface area contributed by atoms with Gasteiger partial charge in [0.25, 0.3) is 0 Å². The molecule has 0 amide bonds. The molecule has 5 heteroatoms. The van der Waals surface area contributed by atoms with E-state index >= 15 is 0 Å². The van der Waals surface area contributed by atoms with Gasteiger partial charge >= 0.3 is 0 Å². The number of nitrogens with zero attached hydrogens (tertiary/aromatic N) is 3. The lowest BCUT2D eigenvalue weighted by Crippen LogP contribution is -2.28. The van der Waals surface area contributed by atoms with E-state index in [0.29, 0.717) is 6.04 Å². The molecular formula is C14H27N5. The minimum atomic E-state index is 0.598. The van der Waals surface area contributed by atoms with Crippen LogP contribution in [0.2, 0.25) is 0 Å². The number of nitrogens with one attached hydrogen (secondary N) is 2. The van der Waals surface area contributed by atoms with Gasteiger partial charge in [0.2, 0.25) is 0 Å². The molecule has 19 heavy (non-hydrogen) atoms. The fourth-order valence-corrected chi connectivity index (χ4v) is 1.59. The molecule has 0 radical (unpaired) electrons. The fourth-order valence-electron chi connectivity index (χ4n) is 1.59. The summed E-state index contributed by atoms with van der Waals surface area (Å²) in [5, 5.41) is 6.55. The molecule has 0 bridgehead atoms. The van der Waals surface area contributed by atoms with E-state index in [1.165, 1.54) is 0 Å². The normalized spacial score (nSPS) is 11.1. The van der Waals surface area contributed by atoms with E-state index in [0.717, 1.165) is 44.1 Å². The molecule has 0 saturated carbocycles. The predicted molar refractivity (Wildman–Crippen MR) is 81.7 cm³/mol. The third-order valence-electron chi connectivity index (χ3n) is 3.07. The van der Waals surface area contributed by atoms with Crippen LogP contribution in [0.25, 0.3) is 0 Å². The lowest BCUT2D eigenvalue weighted by Gasteiger charge is -2.20. The van der Waals surface area contributed by atoms with Crippen molar-refractivity contribution in [2.75, 3.05) is 37.3 Å². The van der Waals surface area contributed by atoms with Crippen molar-refractivity contribution in [2.45, 2.75) is 39.7 Å². The number of rotatable bonds is 9. The highest BCUT2D eigenvalue weighted by atomic mass is 15.1. The summed E-state index contributed by atoms with van der Waals surface area (Å²) in [5.41, 5.74) is 0. The predicted octanol–water partition coefficient (Wildman–Crippen LogP) is 2.44. The topological polar surface area (TPSA) is 53.1 Å². The summed E-state index contributed by atoms with van der Waals surface area (Å²) in [6, 6.07) is 0.598. The maximum absolute atomic E-state index is 4.46. The molecule has 0 aliphatic heterocycles. The van der Waals surface area contributed by atoms with Gasteiger partial charge < -0.3 is 15.5 Å². The van der Waals surface area contributed by atoms with Crippen LogP contribution in [-0.2, 0) is 0 Å². The first-order chi connectivity index (χ1) is 9.13. The molecule has 1 aromatic rings. The van der Waals surface area contributed by atoms with Crippen LogP contribution in [0.3, 0.4) is 0 Å². The Morgan fingerprint density at radius 1 is 1.16 bits per heavy atom. The number of aromatic nitrogens is 2. The summed E-state index contributed by atoms with van der Waals surface area (Å²) in [6.45, 7) is 9.49. The number of hydrogen-bond donors (Lipinski definition) is 2. The molecule has 0 spiro atoms. The summed E-state index contributed by atoms with van der Waals surface area (Å²) in [7, 11) is 2.15. The van der Waals surface area contributed by atoms with Crippen molar-refractivity contribution >= 4 is 11.6 Å². The molecule has 1 rings (SSSR count). The van der Waals surface area contributed by atoms with Crippen LogP contribution in [0, 0.1) is 0 Å². The van der Waals surface area contributed by atoms with E-state index < -0.39 is 0 Å². The fraction of sp³-hybridized carbons (Fsp3) is 0.714. The van der Waals surface area contributed by atoms with Gasteiger partial charge in [0.15, 0.2) is 0 Å². The molecule has 0 aliphatic rings. The number of hydrogen-bond acceptors (Lipinski definition) is 5. The van der Waals surface area contributed by atoms with Gasteiger partial charge in [-0.15, -0.1) is 0 Å². The Morgan fingerprint density at radius 2 is 1.79 bits per heavy atom. The standard InChI is InChI=1S/C14H27N5/c1-5-7-16-13-10-15-11-14(18-13)17-8-6-9-19(4)12(2)3/h10-12H,5-9H2,1-4H3,(H2,16,17,18). The SMILES string of the molecule is CCCNc1cncc(NCCCN(C)C(C)C)n1. The van der Waals surface area contributed by atoms with Gasteiger partial charge in [-0.3, -0.25) is 4.98 Å². The summed E-state index contributed by atoms with van der Waals surface area (Å²) in [5.74, 6) is 1.68. The van der Waals surface area contributed by atoms with Gasteiger partial charge in [0.1, 0.15) is 11.6 Å². The van der Waals surface area contributed by atoms with Crippen molar-refractivity contribution in [2.24, 2.45) is 0 Å². The third kappa shape index (κ3) is 6.38. The second-order valence-electron chi connectivity index (χ2n) is 5.07. The summed E-state index contributed by atoms with van der Waals surface area (Å²) in [6.07, 6.45) is 5.71. The molecule has 1 heterocycles. The molecule has 0 aromatic carbocycles. The maximum Gasteiger partial charge on any atom is 0.146 e. The van der Waals surface area contributed by atoms with Crippen LogP contribution in [0.5, 0.6) is 0 Å². The van der Waals surface area contributed by atoms with Crippen molar-refractivity contribution in [3.63, 3.8) is 0 Å². The van der Waals surface area contributed by atoms with Crippen molar-refractivity contribution in [3.05, 3.63) is 12.4 Å². The van der Waals surface area contributed by atoms with E-state index in [-0.39, 0.29) is 0 Å². The van der Waals surface area contributed by atoms with E-state index in [1.807, 2.05) is 0 Å². The maximum atomic E-state index is 4.46. The monoisotopic (exact) mass is 265 g/mol. The molecule has 0 unspecified atom stereocenters. The van der Waals surface area contributed by atoms with Gasteiger partial charge in [-0.05, 0) is 40.3 Å². The molecule has 0 aliphatic carbocycles. The average Bonchev–Trinajstić information content (AvgIpc) is 2.41. The smallest absolute Gasteiger partial charge is 0.146 e.